The van der Waals surface area contributed by atoms with Crippen molar-refractivity contribution in [3.8, 4) is 0 Å². The second-order valence-corrected chi connectivity index (χ2v) is 24.1. The molecule has 510 valence electrons. The second-order valence-electron chi connectivity index (χ2n) is 22.6. The maximum atomic E-state index is 12.8. The van der Waals surface area contributed by atoms with Gasteiger partial charge in [-0.25, -0.2) is 4.57 Å². The van der Waals surface area contributed by atoms with E-state index in [1.54, 1.807) is 0 Å². The first-order chi connectivity index (χ1) is 44.8. The molecule has 3 N–H and O–H groups in total. The van der Waals surface area contributed by atoms with Gasteiger partial charge in [-0.05, 0) is 148 Å². The third-order valence-corrected chi connectivity index (χ3v) is 15.1. The standard InChI is InChI=1S/C81H128NO8P/c1-3-5-7-9-11-13-15-17-19-21-23-25-27-29-31-33-35-37-39-41-43-45-47-49-51-53-55-57-59-61-63-65-67-69-71-73-80(83)87-77-79(78-89-91(85,86)88-76-75-82)90-81(84)74-72-70-68-66-64-62-60-58-56-54-52-50-48-46-44-42-40-38-36-34-32-30-28-26-24-22-20-18-16-14-12-10-8-6-4-2/h5-8,11-14,17-20,23-26,29-32,35-38,41-44,48,50,54,56,60,62,79H,3-4,9-10,15-16,21-22,27-28,33-34,39-40,45-47,49,51-53,55,57-59,61,63-78,82H2,1-2H3,(H,85,86)/b7-5-,8-6-,13-11-,14-12-,19-17-,20-18-,25-23-,26-24-,31-29-,32-30-,37-35-,38-36-,43-41-,44-42-,50-48-,56-54-,62-60-. The van der Waals surface area contributed by atoms with Crippen LogP contribution in [0, 0.1) is 0 Å². The highest BCUT2D eigenvalue weighted by molar-refractivity contribution is 7.47. The minimum absolute atomic E-state index is 0.0382. The summed E-state index contributed by atoms with van der Waals surface area (Å²) in [4.78, 5) is 35.4. The van der Waals surface area contributed by atoms with Gasteiger partial charge in [0.15, 0.2) is 6.10 Å². The minimum atomic E-state index is -4.42. The average molecular weight is 1270 g/mol. The molecule has 2 unspecified atom stereocenters. The maximum absolute atomic E-state index is 12.8. The van der Waals surface area contributed by atoms with Crippen LogP contribution in [0.25, 0.3) is 0 Å². The van der Waals surface area contributed by atoms with Crippen molar-refractivity contribution in [1.82, 2.24) is 0 Å². The van der Waals surface area contributed by atoms with Crippen molar-refractivity contribution in [2.24, 2.45) is 5.73 Å². The van der Waals surface area contributed by atoms with Crippen LogP contribution in [0.5, 0.6) is 0 Å². The Morgan fingerprint density at radius 2 is 0.571 bits per heavy atom. The Labute approximate surface area is 557 Å². The van der Waals surface area contributed by atoms with Crippen molar-refractivity contribution in [2.75, 3.05) is 26.4 Å². The van der Waals surface area contributed by atoms with E-state index < -0.39 is 32.5 Å². The van der Waals surface area contributed by atoms with Crippen molar-refractivity contribution in [3.05, 3.63) is 207 Å². The third-order valence-electron chi connectivity index (χ3n) is 14.2. The van der Waals surface area contributed by atoms with E-state index in [9.17, 15) is 19.0 Å². The van der Waals surface area contributed by atoms with Crippen molar-refractivity contribution in [2.45, 2.75) is 264 Å². The smallest absolute Gasteiger partial charge is 0.462 e. The number of hydrogen-bond donors (Lipinski definition) is 2. The van der Waals surface area contributed by atoms with Crippen molar-refractivity contribution < 1.29 is 37.6 Å². The van der Waals surface area contributed by atoms with Gasteiger partial charge < -0.3 is 20.1 Å². The Balaban J connectivity index is 4.02. The molecule has 0 aliphatic rings. The third kappa shape index (κ3) is 73.5. The highest BCUT2D eigenvalue weighted by Crippen LogP contribution is 2.43. The maximum Gasteiger partial charge on any atom is 0.472 e. The number of nitrogens with two attached hydrogens (primary N) is 1. The average Bonchev–Trinajstić information content (AvgIpc) is 3.68. The first-order valence-electron chi connectivity index (χ1n) is 35.6. The molecule has 91 heavy (non-hydrogen) atoms. The lowest BCUT2D eigenvalue weighted by molar-refractivity contribution is -0.161. The molecule has 0 amide bonds. The zero-order chi connectivity index (χ0) is 65.8. The molecule has 0 heterocycles. The van der Waals surface area contributed by atoms with Gasteiger partial charge in [0.25, 0.3) is 0 Å². The molecule has 0 radical (unpaired) electrons. The summed E-state index contributed by atoms with van der Waals surface area (Å²) >= 11 is 0. The fourth-order valence-corrected chi connectivity index (χ4v) is 9.76. The summed E-state index contributed by atoms with van der Waals surface area (Å²) in [5.74, 6) is -0.871. The van der Waals surface area contributed by atoms with E-state index >= 15 is 0 Å². The van der Waals surface area contributed by atoms with Crippen LogP contribution in [0.2, 0.25) is 0 Å². The number of rotatable bonds is 64. The number of hydrogen-bond acceptors (Lipinski definition) is 8. The topological polar surface area (TPSA) is 134 Å². The number of phosphoric ester groups is 1. The lowest BCUT2D eigenvalue weighted by atomic mass is 10.0. The van der Waals surface area contributed by atoms with Gasteiger partial charge in [0.1, 0.15) is 6.61 Å². The van der Waals surface area contributed by atoms with Gasteiger partial charge in [0.05, 0.1) is 13.2 Å². The highest BCUT2D eigenvalue weighted by atomic mass is 31.2. The van der Waals surface area contributed by atoms with E-state index in [0.29, 0.717) is 6.42 Å². The van der Waals surface area contributed by atoms with Crippen LogP contribution >= 0.6 is 7.82 Å². The predicted octanol–water partition coefficient (Wildman–Crippen LogP) is 23.9. The van der Waals surface area contributed by atoms with E-state index in [2.05, 4.69) is 220 Å². The molecular formula is C81H128NO8P. The second kappa shape index (κ2) is 73.6. The molecule has 10 heteroatoms. The molecule has 0 aromatic heterocycles. The molecule has 2 atom stereocenters. The van der Waals surface area contributed by atoms with Crippen LogP contribution in [0.1, 0.15) is 258 Å². The van der Waals surface area contributed by atoms with Crippen molar-refractivity contribution in [1.29, 1.82) is 0 Å². The normalized spacial score (nSPS) is 14.2. The monoisotopic (exact) mass is 1270 g/mol. The fourth-order valence-electron chi connectivity index (χ4n) is 9.00. The zero-order valence-electron chi connectivity index (χ0n) is 57.2. The van der Waals surface area contributed by atoms with E-state index in [-0.39, 0.29) is 32.6 Å². The van der Waals surface area contributed by atoms with E-state index in [0.717, 1.165) is 161 Å². The van der Waals surface area contributed by atoms with E-state index in [4.69, 9.17) is 24.3 Å². The van der Waals surface area contributed by atoms with Gasteiger partial charge >= 0.3 is 19.8 Å². The van der Waals surface area contributed by atoms with Crippen LogP contribution in [0.15, 0.2) is 207 Å². The highest BCUT2D eigenvalue weighted by Gasteiger charge is 2.26. The number of esters is 2. The molecule has 0 aromatic carbocycles. The van der Waals surface area contributed by atoms with Crippen LogP contribution in [0.3, 0.4) is 0 Å². The van der Waals surface area contributed by atoms with Crippen molar-refractivity contribution >= 4 is 19.8 Å². The van der Waals surface area contributed by atoms with Crippen LogP contribution in [-0.4, -0.2) is 49.3 Å². The summed E-state index contributed by atoms with van der Waals surface area (Å²) in [5.41, 5.74) is 5.40. The first kappa shape index (κ1) is 85.6. The van der Waals surface area contributed by atoms with Gasteiger partial charge in [0, 0.05) is 19.4 Å². The molecule has 0 saturated carbocycles. The fraction of sp³-hybridized carbons (Fsp3) is 0.556. The van der Waals surface area contributed by atoms with Gasteiger partial charge in [-0.2, -0.15) is 0 Å². The zero-order valence-corrected chi connectivity index (χ0v) is 58.1. The quantitative estimate of drug-likeness (QED) is 0.0264. The number of phosphoric acid groups is 1. The first-order valence-corrected chi connectivity index (χ1v) is 37.1. The number of unbranched alkanes of at least 4 members (excludes halogenated alkanes) is 17. The van der Waals surface area contributed by atoms with E-state index in [1.165, 1.54) is 64.2 Å². The molecule has 0 spiro atoms. The van der Waals surface area contributed by atoms with Gasteiger partial charge in [-0.15, -0.1) is 0 Å². The Kier molecular flexibility index (Phi) is 69.3. The van der Waals surface area contributed by atoms with Crippen molar-refractivity contribution in [3.63, 3.8) is 0 Å². The number of ether oxygens (including phenoxy) is 2. The molecule has 0 aliphatic heterocycles. The Bertz CT molecular complexity index is 2250. The summed E-state index contributed by atoms with van der Waals surface area (Å²) in [6.45, 7) is 3.47. The van der Waals surface area contributed by atoms with Crippen LogP contribution < -0.4 is 5.73 Å². The summed E-state index contributed by atoms with van der Waals surface area (Å²) in [5, 5.41) is 0. The summed E-state index contributed by atoms with van der Waals surface area (Å²) in [6.07, 6.45) is 113. The van der Waals surface area contributed by atoms with Gasteiger partial charge in [-0.1, -0.05) is 304 Å². The van der Waals surface area contributed by atoms with E-state index in [1.807, 2.05) is 0 Å². The van der Waals surface area contributed by atoms with Crippen LogP contribution in [-0.2, 0) is 32.7 Å². The number of carbonyl (C=O) groups excluding carboxylic acids is 2. The van der Waals surface area contributed by atoms with Gasteiger partial charge in [0.2, 0.25) is 0 Å². The Hall–Kier alpha value is -5.41. The Morgan fingerprint density at radius 3 is 0.846 bits per heavy atom. The lowest BCUT2D eigenvalue weighted by Crippen LogP contribution is -2.29. The molecule has 0 saturated heterocycles. The molecule has 9 nitrogen and oxygen atoms in total. The molecular weight excluding hydrogens is 1150 g/mol. The minimum Gasteiger partial charge on any atom is -0.462 e. The number of allylic oxidation sites excluding steroid dienone is 34. The molecule has 0 aromatic rings. The summed E-state index contributed by atoms with van der Waals surface area (Å²) < 4.78 is 33.2. The molecule has 0 bridgehead atoms. The molecule has 0 aliphatic carbocycles. The molecule has 0 rings (SSSR count). The number of carbonyl (C=O) groups is 2. The SMILES string of the molecule is CC/C=C\C/C=C\C/C=C\C/C=C\C/C=C\C/C=C\C/C=C\C/C=C\C/C=C\C/C=C\CCCCCCC(=O)OC(COC(=O)CCCCCCCCCCCCCCC/C=C\C/C=C\C/C=C\C/C=C\C/C=C\C/C=C\C/C=C\CC)COP(=O)(O)OCCN. The Morgan fingerprint density at radius 1 is 0.330 bits per heavy atom. The summed E-state index contributed by atoms with van der Waals surface area (Å²) in [6, 6.07) is 0. The summed E-state index contributed by atoms with van der Waals surface area (Å²) in [7, 11) is -4.42. The van der Waals surface area contributed by atoms with Crippen LogP contribution in [0.4, 0.5) is 0 Å². The lowest BCUT2D eigenvalue weighted by Gasteiger charge is -2.19. The van der Waals surface area contributed by atoms with Gasteiger partial charge in [-0.3, -0.25) is 18.6 Å². The largest absolute Gasteiger partial charge is 0.472 e. The molecule has 0 fully saturated rings. The predicted molar refractivity (Wildman–Crippen MR) is 394 cm³/mol.